The lowest BCUT2D eigenvalue weighted by Crippen LogP contribution is -2.30. The molecule has 36 heavy (non-hydrogen) atoms. The molecule has 1 aromatic heterocycles. The molecule has 0 fully saturated rings. The van der Waals surface area contributed by atoms with Crippen LogP contribution in [0.5, 0.6) is 17.2 Å². The van der Waals surface area contributed by atoms with Gasteiger partial charge in [0.05, 0.1) is 31.2 Å². The number of ether oxygens (including phenoxy) is 2. The van der Waals surface area contributed by atoms with Crippen LogP contribution in [0.2, 0.25) is 0 Å². The van der Waals surface area contributed by atoms with Gasteiger partial charge < -0.3 is 14.6 Å². The largest absolute Gasteiger partial charge is 0.508 e. The quantitative estimate of drug-likeness (QED) is 0.322. The van der Waals surface area contributed by atoms with Gasteiger partial charge in [-0.05, 0) is 48.5 Å². The number of hydrogen-bond acceptors (Lipinski definition) is 10. The second-order valence-corrected chi connectivity index (χ2v) is 11.0. The molecule has 3 aromatic carbocycles. The number of phenols is 1. The van der Waals surface area contributed by atoms with Crippen molar-refractivity contribution < 1.29 is 23.0 Å². The Morgan fingerprint density at radius 2 is 1.94 bits per heavy atom. The summed E-state index contributed by atoms with van der Waals surface area (Å²) >= 11 is 2.19. The van der Waals surface area contributed by atoms with Crippen molar-refractivity contribution in [3.8, 4) is 23.3 Å². The second kappa shape index (κ2) is 10.9. The van der Waals surface area contributed by atoms with Crippen molar-refractivity contribution in [3.63, 3.8) is 0 Å². The maximum atomic E-state index is 13.8. The van der Waals surface area contributed by atoms with Crippen LogP contribution < -0.4 is 13.8 Å². The van der Waals surface area contributed by atoms with E-state index in [2.05, 4.69) is 15.4 Å². The molecule has 0 aliphatic heterocycles. The summed E-state index contributed by atoms with van der Waals surface area (Å²) in [5.41, 5.74) is 0.775. The topological polar surface area (TPSA) is 126 Å². The predicted octanol–water partition coefficient (Wildman–Crippen LogP) is 4.68. The van der Waals surface area contributed by atoms with Gasteiger partial charge in [-0.15, -0.1) is 0 Å². The van der Waals surface area contributed by atoms with Crippen LogP contribution in [0.1, 0.15) is 11.1 Å². The highest BCUT2D eigenvalue weighted by Crippen LogP contribution is 2.35. The van der Waals surface area contributed by atoms with E-state index in [0.717, 1.165) is 15.8 Å². The first-order valence-corrected chi connectivity index (χ1v) is 13.4. The first kappa shape index (κ1) is 25.3. The monoisotopic (exact) mass is 540 g/mol. The molecule has 0 radical (unpaired) electrons. The average Bonchev–Trinajstić information content (AvgIpc) is 3.41. The zero-order chi connectivity index (χ0) is 25.7. The van der Waals surface area contributed by atoms with Crippen LogP contribution in [0.4, 0.5) is 5.13 Å². The SMILES string of the molecule is COc1ccc(CN(c2ncns2)S(=O)(=O)c2ccc(Sc3cccc(O)c3)c(C#N)c2)c(OC)c1. The summed E-state index contributed by atoms with van der Waals surface area (Å²) in [6.45, 7) is -0.0770. The Hall–Kier alpha value is -3.79. The Balaban J connectivity index is 1.72. The Kier molecular flexibility index (Phi) is 7.64. The van der Waals surface area contributed by atoms with Gasteiger partial charge in [0.25, 0.3) is 10.0 Å². The van der Waals surface area contributed by atoms with Gasteiger partial charge in [-0.25, -0.2) is 17.7 Å². The van der Waals surface area contributed by atoms with Crippen molar-refractivity contribution in [2.45, 2.75) is 21.2 Å². The zero-order valence-electron chi connectivity index (χ0n) is 19.2. The van der Waals surface area contributed by atoms with Gasteiger partial charge in [-0.1, -0.05) is 17.8 Å². The van der Waals surface area contributed by atoms with Crippen molar-refractivity contribution in [2.75, 3.05) is 18.5 Å². The number of hydrogen-bond donors (Lipinski definition) is 1. The molecular weight excluding hydrogens is 520 g/mol. The summed E-state index contributed by atoms with van der Waals surface area (Å²) in [5, 5.41) is 19.6. The van der Waals surface area contributed by atoms with E-state index < -0.39 is 10.0 Å². The predicted molar refractivity (Wildman–Crippen MR) is 136 cm³/mol. The Labute approximate surface area is 216 Å². The Morgan fingerprint density at radius 3 is 2.61 bits per heavy atom. The molecule has 0 bridgehead atoms. The van der Waals surface area contributed by atoms with E-state index in [0.29, 0.717) is 26.9 Å². The highest BCUT2D eigenvalue weighted by molar-refractivity contribution is 7.99. The minimum absolute atomic E-state index is 0.0676. The second-order valence-electron chi connectivity index (χ2n) is 7.28. The molecule has 9 nitrogen and oxygen atoms in total. The summed E-state index contributed by atoms with van der Waals surface area (Å²) in [7, 11) is -1.12. The smallest absolute Gasteiger partial charge is 0.266 e. The molecule has 1 N–H and O–H groups in total. The number of rotatable bonds is 9. The molecule has 4 rings (SSSR count). The number of benzene rings is 3. The molecule has 1 heterocycles. The third kappa shape index (κ3) is 5.38. The van der Waals surface area contributed by atoms with Crippen LogP contribution >= 0.6 is 23.3 Å². The summed E-state index contributed by atoms with van der Waals surface area (Å²) in [5.74, 6) is 1.12. The minimum atomic E-state index is -4.14. The molecule has 12 heteroatoms. The molecule has 0 saturated carbocycles. The average molecular weight is 541 g/mol. The van der Waals surface area contributed by atoms with Gasteiger partial charge in [0.2, 0.25) is 5.13 Å². The van der Waals surface area contributed by atoms with Crippen LogP contribution in [-0.2, 0) is 16.6 Å². The summed E-state index contributed by atoms with van der Waals surface area (Å²) in [6.07, 6.45) is 1.28. The Bertz CT molecular complexity index is 1520. The third-order valence-electron chi connectivity index (χ3n) is 5.08. The number of sulfonamides is 1. The maximum absolute atomic E-state index is 13.8. The fraction of sp³-hybridized carbons (Fsp3) is 0.125. The van der Waals surface area contributed by atoms with Gasteiger partial charge in [0, 0.05) is 33.0 Å². The molecule has 0 aliphatic carbocycles. The van der Waals surface area contributed by atoms with Crippen molar-refractivity contribution >= 4 is 38.4 Å². The highest BCUT2D eigenvalue weighted by Gasteiger charge is 2.29. The van der Waals surface area contributed by atoms with Crippen LogP contribution in [0, 0.1) is 11.3 Å². The number of nitriles is 1. The third-order valence-corrected chi connectivity index (χ3v) is 8.68. The summed E-state index contributed by atoms with van der Waals surface area (Å²) < 4.78 is 43.4. The van der Waals surface area contributed by atoms with Crippen LogP contribution in [0.3, 0.4) is 0 Å². The molecule has 0 amide bonds. The molecule has 4 aromatic rings. The molecular formula is C24H20N4O5S3. The van der Waals surface area contributed by atoms with E-state index in [4.69, 9.17) is 9.47 Å². The lowest BCUT2D eigenvalue weighted by molar-refractivity contribution is 0.391. The lowest BCUT2D eigenvalue weighted by atomic mass is 10.2. The number of anilines is 1. The molecule has 0 atom stereocenters. The number of phenolic OH excluding ortho intramolecular Hbond substituents is 1. The van der Waals surface area contributed by atoms with E-state index in [-0.39, 0.29) is 27.9 Å². The summed E-state index contributed by atoms with van der Waals surface area (Å²) in [6, 6.07) is 18.1. The normalized spacial score (nSPS) is 11.0. The van der Waals surface area contributed by atoms with Gasteiger partial charge >= 0.3 is 0 Å². The van der Waals surface area contributed by atoms with Gasteiger partial charge in [-0.2, -0.15) is 9.64 Å². The number of aromatic hydroxyl groups is 1. The van der Waals surface area contributed by atoms with Crippen molar-refractivity contribution in [2.24, 2.45) is 0 Å². The van der Waals surface area contributed by atoms with E-state index in [9.17, 15) is 18.8 Å². The van der Waals surface area contributed by atoms with E-state index >= 15 is 0 Å². The first-order chi connectivity index (χ1) is 17.3. The van der Waals surface area contributed by atoms with Gasteiger partial charge in [-0.3, -0.25) is 0 Å². The molecule has 184 valence electrons. The first-order valence-electron chi connectivity index (χ1n) is 10.4. The summed E-state index contributed by atoms with van der Waals surface area (Å²) in [4.78, 5) is 5.32. The maximum Gasteiger partial charge on any atom is 0.266 e. The van der Waals surface area contributed by atoms with E-state index in [1.165, 1.54) is 44.4 Å². The number of methoxy groups -OCH3 is 2. The van der Waals surface area contributed by atoms with Crippen molar-refractivity contribution in [1.29, 1.82) is 5.26 Å². The van der Waals surface area contributed by atoms with Crippen molar-refractivity contribution in [1.82, 2.24) is 9.36 Å². The minimum Gasteiger partial charge on any atom is -0.508 e. The van der Waals surface area contributed by atoms with Crippen LogP contribution in [0.25, 0.3) is 0 Å². The Morgan fingerprint density at radius 1 is 1.11 bits per heavy atom. The molecule has 0 spiro atoms. The molecule has 0 saturated heterocycles. The molecule has 0 unspecified atom stereocenters. The fourth-order valence-corrected chi connectivity index (χ4v) is 6.40. The number of nitrogens with zero attached hydrogens (tertiary/aromatic N) is 4. The molecule has 0 aliphatic rings. The zero-order valence-corrected chi connectivity index (χ0v) is 21.6. The van der Waals surface area contributed by atoms with E-state index in [1.807, 2.05) is 0 Å². The standard InChI is InChI=1S/C24H20N4O5S3/c1-32-19-7-6-16(22(12-19)33-2)14-28(24-26-15-27-35-24)36(30,31)21-8-9-23(17(10-21)13-25)34-20-5-3-4-18(29)11-20/h3-12,15,29H,14H2,1-2H3. The van der Waals surface area contributed by atoms with Gasteiger partial charge in [0.1, 0.15) is 29.6 Å². The van der Waals surface area contributed by atoms with Crippen LogP contribution in [0.15, 0.2) is 81.7 Å². The fourth-order valence-electron chi connectivity index (χ4n) is 3.32. The van der Waals surface area contributed by atoms with Crippen LogP contribution in [-0.4, -0.2) is 37.1 Å². The number of aromatic nitrogens is 2. The van der Waals surface area contributed by atoms with Gasteiger partial charge in [0.15, 0.2) is 0 Å². The van der Waals surface area contributed by atoms with Crippen molar-refractivity contribution in [3.05, 3.63) is 78.1 Å². The highest BCUT2D eigenvalue weighted by atomic mass is 32.2. The van der Waals surface area contributed by atoms with E-state index in [1.54, 1.807) is 48.5 Å². The lowest BCUT2D eigenvalue weighted by Gasteiger charge is -2.23.